The number of hydrogen-bond donors (Lipinski definition) is 5. The Hall–Kier alpha value is -1.55. The number of rotatable bonds is 3. The lowest BCUT2D eigenvalue weighted by molar-refractivity contribution is 0.405. The van der Waals surface area contributed by atoms with Crippen molar-refractivity contribution in [2.75, 3.05) is 0 Å². The monoisotopic (exact) mass is 401 g/mol. The van der Waals surface area contributed by atoms with E-state index in [-0.39, 0.29) is 0 Å². The van der Waals surface area contributed by atoms with Gasteiger partial charge in [0.25, 0.3) is 30.4 Å². The van der Waals surface area contributed by atoms with E-state index in [1.54, 1.807) is 0 Å². The standard InChI is InChI=1S/C10H11NO10S3/c11-10(24(19,20)21)4-7(23(16,17)18)2-5-1-6(22(13,14)15)3-8(12)9(5)10/h1-3,12H,4,11H2,(H,13,14,15)(H,16,17,18)(H,19,20,21). The van der Waals surface area contributed by atoms with Crippen LogP contribution in [-0.4, -0.2) is 44.0 Å². The van der Waals surface area contributed by atoms with Crippen LogP contribution in [0.4, 0.5) is 0 Å². The van der Waals surface area contributed by atoms with Crippen LogP contribution in [0.3, 0.4) is 0 Å². The molecular weight excluding hydrogens is 390 g/mol. The number of aromatic hydroxyl groups is 1. The normalized spacial score (nSPS) is 21.9. The van der Waals surface area contributed by atoms with Crippen molar-refractivity contribution in [3.8, 4) is 5.75 Å². The molecule has 0 saturated heterocycles. The first-order chi connectivity index (χ1) is 10.6. The molecule has 1 unspecified atom stereocenters. The molecule has 24 heavy (non-hydrogen) atoms. The third kappa shape index (κ3) is 3.04. The summed E-state index contributed by atoms with van der Waals surface area (Å²) in [6.45, 7) is 0. The molecule has 1 aliphatic rings. The molecule has 0 bridgehead atoms. The van der Waals surface area contributed by atoms with Crippen LogP contribution in [0.25, 0.3) is 6.08 Å². The number of fused-ring (bicyclic) bond motifs is 1. The van der Waals surface area contributed by atoms with Gasteiger partial charge in [-0.1, -0.05) is 0 Å². The molecule has 11 nitrogen and oxygen atoms in total. The third-order valence-electron chi connectivity index (χ3n) is 3.39. The van der Waals surface area contributed by atoms with Crippen molar-refractivity contribution in [2.45, 2.75) is 16.2 Å². The highest BCUT2D eigenvalue weighted by Gasteiger charge is 2.49. The fourth-order valence-corrected chi connectivity index (χ4v) is 4.44. The maximum atomic E-state index is 11.6. The average Bonchev–Trinajstić information content (AvgIpc) is 2.34. The van der Waals surface area contributed by atoms with Gasteiger partial charge in [0.15, 0.2) is 4.87 Å². The number of nitrogens with two attached hydrogens (primary N) is 1. The van der Waals surface area contributed by atoms with E-state index in [0.29, 0.717) is 18.2 Å². The van der Waals surface area contributed by atoms with Crippen LogP contribution in [-0.2, 0) is 35.2 Å². The minimum absolute atomic E-state index is 0.479. The first kappa shape index (κ1) is 18.8. The average molecular weight is 401 g/mol. The minimum Gasteiger partial charge on any atom is -0.507 e. The van der Waals surface area contributed by atoms with Crippen molar-refractivity contribution in [1.29, 1.82) is 0 Å². The van der Waals surface area contributed by atoms with Crippen LogP contribution < -0.4 is 5.73 Å². The number of benzene rings is 1. The summed E-state index contributed by atoms with van der Waals surface area (Å²) in [4.78, 5) is -4.70. The molecular formula is C10H11NO10S3. The molecule has 0 spiro atoms. The maximum Gasteiger partial charge on any atom is 0.294 e. The van der Waals surface area contributed by atoms with Gasteiger partial charge in [0.2, 0.25) is 0 Å². The van der Waals surface area contributed by atoms with Crippen LogP contribution in [0.15, 0.2) is 21.9 Å². The quantitative estimate of drug-likeness (QED) is 0.398. The Morgan fingerprint density at radius 3 is 1.92 bits per heavy atom. The van der Waals surface area contributed by atoms with Gasteiger partial charge in [-0.15, -0.1) is 0 Å². The molecule has 0 aliphatic heterocycles. The van der Waals surface area contributed by atoms with Gasteiger partial charge in [0, 0.05) is 18.1 Å². The van der Waals surface area contributed by atoms with E-state index in [2.05, 4.69) is 0 Å². The molecule has 0 amide bonds. The summed E-state index contributed by atoms with van der Waals surface area (Å²) in [5.74, 6) is -1.02. The van der Waals surface area contributed by atoms with Gasteiger partial charge in [0.05, 0.1) is 9.80 Å². The van der Waals surface area contributed by atoms with Crippen molar-refractivity contribution < 1.29 is 44.0 Å². The van der Waals surface area contributed by atoms with Crippen molar-refractivity contribution in [2.24, 2.45) is 5.73 Å². The molecule has 0 fully saturated rings. The predicted octanol–water partition coefficient (Wildman–Crippen LogP) is -0.729. The lowest BCUT2D eigenvalue weighted by atomic mass is 9.91. The smallest absolute Gasteiger partial charge is 0.294 e. The topological polar surface area (TPSA) is 209 Å². The second-order valence-corrected chi connectivity index (χ2v) is 9.58. The van der Waals surface area contributed by atoms with E-state index in [4.69, 9.17) is 14.8 Å². The molecule has 0 heterocycles. The van der Waals surface area contributed by atoms with Crippen LogP contribution in [0.5, 0.6) is 5.75 Å². The summed E-state index contributed by atoms with van der Waals surface area (Å²) in [5.41, 5.74) is 4.34. The zero-order chi connectivity index (χ0) is 18.7. The van der Waals surface area contributed by atoms with Gasteiger partial charge < -0.3 is 10.8 Å². The Morgan fingerprint density at radius 1 is 0.958 bits per heavy atom. The summed E-state index contributed by atoms with van der Waals surface area (Å²) in [6.07, 6.45) is -0.453. The summed E-state index contributed by atoms with van der Waals surface area (Å²) < 4.78 is 95.6. The van der Waals surface area contributed by atoms with E-state index in [0.717, 1.165) is 0 Å². The van der Waals surface area contributed by atoms with Crippen LogP contribution in [0, 0.1) is 0 Å². The number of phenols is 1. The summed E-state index contributed by atoms with van der Waals surface area (Å²) in [5, 5.41) is 9.92. The van der Waals surface area contributed by atoms with E-state index in [9.17, 15) is 34.9 Å². The lowest BCUT2D eigenvalue weighted by Crippen LogP contribution is -2.47. The first-order valence-corrected chi connectivity index (χ1v) is 10.2. The van der Waals surface area contributed by atoms with Crippen molar-refractivity contribution in [3.05, 3.63) is 28.2 Å². The Labute approximate surface area is 136 Å². The van der Waals surface area contributed by atoms with Crippen LogP contribution in [0.1, 0.15) is 17.5 Å². The highest BCUT2D eigenvalue weighted by atomic mass is 32.2. The lowest BCUT2D eigenvalue weighted by Gasteiger charge is -2.32. The molecule has 2 rings (SSSR count). The summed E-state index contributed by atoms with van der Waals surface area (Å²) in [6, 6.07) is 1.11. The zero-order valence-electron chi connectivity index (χ0n) is 11.5. The molecule has 134 valence electrons. The van der Waals surface area contributed by atoms with Gasteiger partial charge in [-0.25, -0.2) is 0 Å². The molecule has 1 atom stereocenters. The minimum atomic E-state index is -5.21. The summed E-state index contributed by atoms with van der Waals surface area (Å²) >= 11 is 0. The molecule has 1 aliphatic carbocycles. The molecule has 0 aromatic heterocycles. The van der Waals surface area contributed by atoms with Crippen LogP contribution in [0.2, 0.25) is 0 Å². The number of hydrogen-bond acceptors (Lipinski definition) is 8. The summed E-state index contributed by atoms with van der Waals surface area (Å²) in [7, 11) is -15.0. The first-order valence-electron chi connectivity index (χ1n) is 5.86. The second-order valence-electron chi connectivity index (χ2n) is 5.01. The highest BCUT2D eigenvalue weighted by molar-refractivity contribution is 7.90. The largest absolute Gasteiger partial charge is 0.507 e. The van der Waals surface area contributed by atoms with E-state index in [1.165, 1.54) is 0 Å². The van der Waals surface area contributed by atoms with E-state index >= 15 is 0 Å². The van der Waals surface area contributed by atoms with Gasteiger partial charge in [0.1, 0.15) is 5.75 Å². The second kappa shape index (κ2) is 5.22. The Balaban J connectivity index is 2.99. The predicted molar refractivity (Wildman–Crippen MR) is 79.5 cm³/mol. The van der Waals surface area contributed by atoms with Crippen molar-refractivity contribution >= 4 is 36.4 Å². The van der Waals surface area contributed by atoms with Gasteiger partial charge in [-0.2, -0.15) is 25.3 Å². The zero-order valence-corrected chi connectivity index (χ0v) is 13.9. The Kier molecular flexibility index (Phi) is 4.09. The fraction of sp³-hybridized carbons (Fsp3) is 0.200. The SMILES string of the molecule is NC1(S(=O)(=O)O)CC(S(=O)(=O)O)=Cc2cc(S(=O)(=O)O)cc(O)c21. The number of phenolic OH excluding ortho intramolecular Hbond substituents is 1. The Morgan fingerprint density at radius 2 is 1.50 bits per heavy atom. The van der Waals surface area contributed by atoms with E-state index in [1.807, 2.05) is 0 Å². The maximum absolute atomic E-state index is 11.6. The molecule has 14 heteroatoms. The fourth-order valence-electron chi connectivity index (χ4n) is 2.30. The van der Waals surface area contributed by atoms with Gasteiger partial charge in [-0.05, 0) is 17.7 Å². The molecule has 6 N–H and O–H groups in total. The molecule has 0 radical (unpaired) electrons. The third-order valence-corrected chi connectivity index (χ3v) is 6.41. The Bertz CT molecular complexity index is 1070. The van der Waals surface area contributed by atoms with Crippen LogP contribution >= 0.6 is 0 Å². The van der Waals surface area contributed by atoms with Gasteiger partial charge >= 0.3 is 0 Å². The van der Waals surface area contributed by atoms with Crippen molar-refractivity contribution in [3.63, 3.8) is 0 Å². The van der Waals surface area contributed by atoms with Gasteiger partial charge in [-0.3, -0.25) is 13.7 Å². The molecule has 1 aromatic rings. The van der Waals surface area contributed by atoms with Crippen molar-refractivity contribution in [1.82, 2.24) is 0 Å². The molecule has 1 aromatic carbocycles. The van der Waals surface area contributed by atoms with E-state index < -0.39 is 68.3 Å². The highest BCUT2D eigenvalue weighted by Crippen LogP contribution is 2.45. The molecule has 0 saturated carbocycles.